The largest absolute Gasteiger partial charge is 0.477 e. The van der Waals surface area contributed by atoms with Crippen LogP contribution in [0.3, 0.4) is 0 Å². The van der Waals surface area contributed by atoms with Gasteiger partial charge < -0.3 is 4.74 Å². The Morgan fingerprint density at radius 2 is 1.74 bits per heavy atom. The smallest absolute Gasteiger partial charge is 0.446 e. The van der Waals surface area contributed by atoms with Gasteiger partial charge in [-0.15, -0.1) is 0 Å². The molecule has 2 rings (SSSR count). The normalized spacial score (nSPS) is 12.1. The highest BCUT2D eigenvalue weighted by Crippen LogP contribution is 2.46. The number of hydrogen-bond acceptors (Lipinski definition) is 4. The Kier molecular flexibility index (Phi) is 6.13. The maximum Gasteiger partial charge on any atom is 0.446 e. The lowest BCUT2D eigenvalue weighted by Crippen LogP contribution is -2.09. The van der Waals surface area contributed by atoms with Gasteiger partial charge >= 0.3 is 11.7 Å². The van der Waals surface area contributed by atoms with Crippen molar-refractivity contribution in [2.24, 2.45) is 0 Å². The quantitative estimate of drug-likeness (QED) is 0.419. The molecule has 0 N–H and O–H groups in total. The lowest BCUT2D eigenvalue weighted by atomic mass is 10.2. The Balaban J connectivity index is 2.74. The van der Waals surface area contributed by atoms with E-state index in [0.717, 1.165) is 0 Å². The first-order valence-electron chi connectivity index (χ1n) is 6.87. The van der Waals surface area contributed by atoms with E-state index in [9.17, 15) is 26.3 Å². The summed E-state index contributed by atoms with van der Waals surface area (Å²) in [5, 5.41) is 11.7. The maximum atomic E-state index is 12.9. The lowest BCUT2D eigenvalue weighted by Gasteiger charge is -2.15. The fourth-order valence-corrected chi connectivity index (χ4v) is 3.31. The topological polar surface area (TPSA) is 50.8 Å². The second-order valence-corrected chi connectivity index (χ2v) is 6.66. The number of nitrogens with zero attached hydrogens (tertiary/aromatic N) is 3. The molecule has 0 aliphatic carbocycles. The van der Waals surface area contributed by atoms with E-state index in [1.54, 1.807) is 0 Å². The minimum Gasteiger partial charge on any atom is -0.477 e. The summed E-state index contributed by atoms with van der Waals surface area (Å²) >= 11 is 11.1. The molecule has 2 aromatic rings. The Bertz CT molecular complexity index is 881. The third-order valence-electron chi connectivity index (χ3n) is 2.96. The fourth-order valence-electron chi connectivity index (χ4n) is 2.02. The van der Waals surface area contributed by atoms with Crippen molar-refractivity contribution in [2.75, 3.05) is 6.61 Å². The van der Waals surface area contributed by atoms with E-state index in [1.165, 1.54) is 13.0 Å². The molecule has 0 aliphatic rings. The molecule has 0 aliphatic heterocycles. The molecular weight excluding hydrogens is 443 g/mol. The molecule has 146 valence electrons. The summed E-state index contributed by atoms with van der Waals surface area (Å²) < 4.78 is 82.8. The summed E-state index contributed by atoms with van der Waals surface area (Å²) in [5.74, 6) is -0.514. The van der Waals surface area contributed by atoms with Crippen molar-refractivity contribution >= 4 is 35.0 Å². The van der Waals surface area contributed by atoms with Crippen molar-refractivity contribution in [3.05, 3.63) is 33.4 Å². The number of benzene rings is 1. The highest BCUT2D eigenvalue weighted by atomic mass is 35.5. The molecule has 27 heavy (non-hydrogen) atoms. The molecule has 4 nitrogen and oxygen atoms in total. The van der Waals surface area contributed by atoms with Crippen molar-refractivity contribution in [3.8, 4) is 17.6 Å². The molecule has 0 atom stereocenters. The van der Waals surface area contributed by atoms with Crippen LogP contribution in [0.25, 0.3) is 5.69 Å². The first-order valence-corrected chi connectivity index (χ1v) is 8.44. The van der Waals surface area contributed by atoms with Crippen LogP contribution in [0.2, 0.25) is 10.0 Å². The van der Waals surface area contributed by atoms with Crippen LogP contribution in [0.4, 0.5) is 26.3 Å². The monoisotopic (exact) mass is 449 g/mol. The van der Waals surface area contributed by atoms with Crippen LogP contribution < -0.4 is 4.74 Å². The van der Waals surface area contributed by atoms with Gasteiger partial charge in [0.15, 0.2) is 5.69 Å². The Hall–Kier alpha value is -1.77. The van der Waals surface area contributed by atoms with Crippen molar-refractivity contribution in [2.45, 2.75) is 23.5 Å². The van der Waals surface area contributed by atoms with Crippen molar-refractivity contribution in [1.82, 2.24) is 9.78 Å². The minimum atomic E-state index is -4.76. The van der Waals surface area contributed by atoms with E-state index in [-0.39, 0.29) is 12.3 Å². The van der Waals surface area contributed by atoms with Gasteiger partial charge in [-0.3, -0.25) is 0 Å². The summed E-state index contributed by atoms with van der Waals surface area (Å²) in [7, 11) is 0. The van der Waals surface area contributed by atoms with Crippen molar-refractivity contribution < 1.29 is 31.1 Å². The van der Waals surface area contributed by atoms with Gasteiger partial charge in [-0.05, 0) is 30.8 Å². The van der Waals surface area contributed by atoms with Gasteiger partial charge in [-0.25, -0.2) is 0 Å². The zero-order valence-electron chi connectivity index (χ0n) is 13.0. The van der Waals surface area contributed by atoms with E-state index in [4.69, 9.17) is 33.2 Å². The van der Waals surface area contributed by atoms with E-state index >= 15 is 0 Å². The highest BCUT2D eigenvalue weighted by Gasteiger charge is 2.37. The predicted octanol–water partition coefficient (Wildman–Crippen LogP) is 6.08. The fraction of sp³-hybridized carbons (Fsp3) is 0.286. The first-order chi connectivity index (χ1) is 12.4. The summed E-state index contributed by atoms with van der Waals surface area (Å²) in [6, 6.07) is 2.57. The molecule has 0 bridgehead atoms. The van der Waals surface area contributed by atoms with Gasteiger partial charge in [0, 0.05) is 0 Å². The second-order valence-electron chi connectivity index (χ2n) is 4.77. The molecule has 1 aromatic carbocycles. The van der Waals surface area contributed by atoms with Gasteiger partial charge in [0.2, 0.25) is 5.88 Å². The Morgan fingerprint density at radius 1 is 1.19 bits per heavy atom. The molecule has 0 unspecified atom stereocenters. The molecular formula is C14H7Cl2F6N3OS. The van der Waals surface area contributed by atoms with E-state index in [1.807, 2.05) is 0 Å². The number of alkyl halides is 6. The Labute approximate surface area is 162 Å². The number of hydrogen-bond donors (Lipinski definition) is 0. The molecule has 0 saturated heterocycles. The average molecular weight is 450 g/mol. The molecule has 0 fully saturated rings. The minimum absolute atomic E-state index is 0.113. The summed E-state index contributed by atoms with van der Waals surface area (Å²) in [6.07, 6.45) is -4.74. The molecule has 1 aromatic heterocycles. The molecule has 13 heteroatoms. The zero-order chi connectivity index (χ0) is 20.6. The van der Waals surface area contributed by atoms with Gasteiger partial charge in [0.05, 0.1) is 22.2 Å². The standard InChI is InChI=1S/C14H7Cl2F6N3OS/c1-2-26-12-11(27-14(20,21)22)9(5-23)24-25(12)10-7(15)3-6(4-8(10)16)13(17,18)19/h3-4H,2H2,1H3. The van der Waals surface area contributed by atoms with E-state index < -0.39 is 55.5 Å². The molecule has 0 amide bonds. The lowest BCUT2D eigenvalue weighted by molar-refractivity contribution is -0.137. The van der Waals surface area contributed by atoms with Crippen LogP contribution in [0, 0.1) is 11.3 Å². The van der Waals surface area contributed by atoms with Crippen molar-refractivity contribution in [3.63, 3.8) is 0 Å². The van der Waals surface area contributed by atoms with Gasteiger partial charge in [-0.1, -0.05) is 23.2 Å². The molecule has 1 heterocycles. The zero-order valence-corrected chi connectivity index (χ0v) is 15.4. The molecule has 0 radical (unpaired) electrons. The van der Waals surface area contributed by atoms with Crippen LogP contribution in [-0.2, 0) is 6.18 Å². The van der Waals surface area contributed by atoms with Gasteiger partial charge in [0.25, 0.3) is 0 Å². The maximum absolute atomic E-state index is 12.9. The predicted molar refractivity (Wildman–Crippen MR) is 86.4 cm³/mol. The van der Waals surface area contributed by atoms with Crippen LogP contribution in [0.15, 0.2) is 17.0 Å². The second kappa shape index (κ2) is 7.69. The van der Waals surface area contributed by atoms with Gasteiger partial charge in [0.1, 0.15) is 16.7 Å². The number of thioether (sulfide) groups is 1. The third-order valence-corrected chi connectivity index (χ3v) is 4.34. The number of halogens is 8. The number of rotatable bonds is 4. The number of nitriles is 1. The Morgan fingerprint density at radius 3 is 2.15 bits per heavy atom. The summed E-state index contributed by atoms with van der Waals surface area (Å²) in [5.41, 5.74) is -6.91. The van der Waals surface area contributed by atoms with E-state index in [0.29, 0.717) is 16.8 Å². The highest BCUT2D eigenvalue weighted by molar-refractivity contribution is 8.00. The first kappa shape index (κ1) is 21.5. The van der Waals surface area contributed by atoms with Crippen LogP contribution in [0.5, 0.6) is 5.88 Å². The third kappa shape index (κ3) is 4.75. The molecule has 0 saturated carbocycles. The van der Waals surface area contributed by atoms with E-state index in [2.05, 4.69) is 5.10 Å². The number of aromatic nitrogens is 2. The van der Waals surface area contributed by atoms with Crippen LogP contribution >= 0.6 is 35.0 Å². The summed E-state index contributed by atoms with van der Waals surface area (Å²) in [6.45, 7) is 1.35. The average Bonchev–Trinajstić information content (AvgIpc) is 2.82. The van der Waals surface area contributed by atoms with Gasteiger partial charge in [-0.2, -0.15) is 41.4 Å². The molecule has 0 spiro atoms. The summed E-state index contributed by atoms with van der Waals surface area (Å²) in [4.78, 5) is -0.654. The van der Waals surface area contributed by atoms with Crippen LogP contribution in [0.1, 0.15) is 18.2 Å². The number of ether oxygens (including phenoxy) is 1. The SMILES string of the molecule is CCOc1c(SC(F)(F)F)c(C#N)nn1-c1c(Cl)cc(C(F)(F)F)cc1Cl. The van der Waals surface area contributed by atoms with Crippen LogP contribution in [-0.4, -0.2) is 21.9 Å². The van der Waals surface area contributed by atoms with Crippen molar-refractivity contribution in [1.29, 1.82) is 5.26 Å².